The zero-order valence-corrected chi connectivity index (χ0v) is 12.4. The Morgan fingerprint density at radius 3 is 2.64 bits per heavy atom. The summed E-state index contributed by atoms with van der Waals surface area (Å²) in [5, 5.41) is 14.9. The van der Waals surface area contributed by atoms with Crippen LogP contribution in [0.5, 0.6) is 0 Å². The monoisotopic (exact) mass is 301 g/mol. The van der Waals surface area contributed by atoms with Gasteiger partial charge in [0.1, 0.15) is 6.10 Å². The highest BCUT2D eigenvalue weighted by atomic mass is 19.1. The second-order valence-electron chi connectivity index (χ2n) is 6.39. The van der Waals surface area contributed by atoms with Crippen molar-refractivity contribution in [2.75, 3.05) is 0 Å². The number of aliphatic hydroxyl groups excluding tert-OH is 1. The van der Waals surface area contributed by atoms with E-state index in [4.69, 9.17) is 0 Å². The van der Waals surface area contributed by atoms with Crippen molar-refractivity contribution in [3.63, 3.8) is 0 Å². The minimum Gasteiger partial charge on any atom is -0.385 e. The Morgan fingerprint density at radius 2 is 1.91 bits per heavy atom. The molecule has 1 N–H and O–H groups in total. The fourth-order valence-electron chi connectivity index (χ4n) is 3.76. The van der Waals surface area contributed by atoms with Gasteiger partial charge in [-0.25, -0.2) is 14.1 Å². The lowest BCUT2D eigenvalue weighted by Crippen LogP contribution is -2.13. The van der Waals surface area contributed by atoms with E-state index in [1.807, 2.05) is 30.3 Å². The van der Waals surface area contributed by atoms with Crippen LogP contribution in [0.15, 0.2) is 30.3 Å². The maximum Gasteiger partial charge on any atom is 0.179 e. The van der Waals surface area contributed by atoms with Crippen molar-refractivity contribution in [1.29, 1.82) is 0 Å². The van der Waals surface area contributed by atoms with Crippen LogP contribution in [0.4, 0.5) is 4.39 Å². The van der Waals surface area contributed by atoms with Crippen molar-refractivity contribution in [1.82, 2.24) is 14.8 Å². The molecule has 4 rings (SSSR count). The summed E-state index contributed by atoms with van der Waals surface area (Å²) in [6.07, 6.45) is 2.91. The van der Waals surface area contributed by atoms with Crippen LogP contribution in [0.3, 0.4) is 0 Å². The first-order valence-corrected chi connectivity index (χ1v) is 8.07. The van der Waals surface area contributed by atoms with Crippen LogP contribution in [0.1, 0.15) is 67.6 Å². The number of rotatable bonds is 3. The molecule has 5 heteroatoms. The molecule has 0 saturated heterocycles. The Morgan fingerprint density at radius 1 is 1.18 bits per heavy atom. The molecule has 116 valence electrons. The fourth-order valence-corrected chi connectivity index (χ4v) is 3.76. The summed E-state index contributed by atoms with van der Waals surface area (Å²) in [7, 11) is 0. The highest BCUT2D eigenvalue weighted by Crippen LogP contribution is 2.41. The number of alkyl halides is 1. The van der Waals surface area contributed by atoms with Crippen molar-refractivity contribution in [3.8, 4) is 0 Å². The molecule has 0 radical (unpaired) electrons. The molecule has 1 fully saturated rings. The lowest BCUT2D eigenvalue weighted by atomic mass is 10.0. The second kappa shape index (κ2) is 5.47. The molecule has 1 saturated carbocycles. The summed E-state index contributed by atoms with van der Waals surface area (Å²) in [6, 6.07) is 9.70. The van der Waals surface area contributed by atoms with Gasteiger partial charge in [0.25, 0.3) is 0 Å². The zero-order chi connectivity index (χ0) is 15.1. The highest BCUT2D eigenvalue weighted by Gasteiger charge is 2.37. The van der Waals surface area contributed by atoms with Gasteiger partial charge in [-0.1, -0.05) is 43.2 Å². The SMILES string of the molecule is OC(c1nc2n(n1)C(c1ccccc1)CC2F)C1CCCC1. The fraction of sp³-hybridized carbons (Fsp3) is 0.529. The molecule has 2 heterocycles. The van der Waals surface area contributed by atoms with Crippen LogP contribution in [-0.2, 0) is 0 Å². The summed E-state index contributed by atoms with van der Waals surface area (Å²) >= 11 is 0. The Balaban J connectivity index is 1.65. The smallest absolute Gasteiger partial charge is 0.179 e. The average molecular weight is 301 g/mol. The van der Waals surface area contributed by atoms with Crippen molar-refractivity contribution in [3.05, 3.63) is 47.5 Å². The predicted molar refractivity (Wildman–Crippen MR) is 80.0 cm³/mol. The maximum atomic E-state index is 14.3. The third-order valence-electron chi connectivity index (χ3n) is 4.97. The van der Waals surface area contributed by atoms with Crippen LogP contribution in [0.25, 0.3) is 0 Å². The summed E-state index contributed by atoms with van der Waals surface area (Å²) in [5.41, 5.74) is 1.04. The number of nitrogens with zero attached hydrogens (tertiary/aromatic N) is 3. The minimum atomic E-state index is -1.11. The molecular formula is C17H20FN3O. The average Bonchev–Trinajstić information content (AvgIpc) is 3.25. The molecule has 2 aliphatic rings. The van der Waals surface area contributed by atoms with Crippen molar-refractivity contribution in [2.24, 2.45) is 5.92 Å². The van der Waals surface area contributed by atoms with E-state index < -0.39 is 12.3 Å². The van der Waals surface area contributed by atoms with Gasteiger partial charge in [-0.3, -0.25) is 0 Å². The molecule has 1 aliphatic heterocycles. The summed E-state index contributed by atoms with van der Waals surface area (Å²) < 4.78 is 16.0. The van der Waals surface area contributed by atoms with E-state index in [9.17, 15) is 9.50 Å². The van der Waals surface area contributed by atoms with E-state index in [-0.39, 0.29) is 12.0 Å². The quantitative estimate of drug-likeness (QED) is 0.944. The van der Waals surface area contributed by atoms with Crippen LogP contribution in [0.2, 0.25) is 0 Å². The van der Waals surface area contributed by atoms with E-state index in [0.29, 0.717) is 18.1 Å². The number of aromatic nitrogens is 3. The summed E-state index contributed by atoms with van der Waals surface area (Å²) in [4.78, 5) is 4.32. The number of benzene rings is 1. The van der Waals surface area contributed by atoms with E-state index in [2.05, 4.69) is 10.1 Å². The van der Waals surface area contributed by atoms with Gasteiger partial charge >= 0.3 is 0 Å². The molecule has 0 amide bonds. The van der Waals surface area contributed by atoms with E-state index in [1.54, 1.807) is 4.68 Å². The van der Waals surface area contributed by atoms with Gasteiger partial charge in [-0.05, 0) is 24.3 Å². The van der Waals surface area contributed by atoms with Crippen LogP contribution >= 0.6 is 0 Å². The number of hydrogen-bond donors (Lipinski definition) is 1. The Labute approximate surface area is 129 Å². The zero-order valence-electron chi connectivity index (χ0n) is 12.4. The molecule has 0 bridgehead atoms. The number of aliphatic hydroxyl groups is 1. The lowest BCUT2D eigenvalue weighted by Gasteiger charge is -2.15. The normalized spacial score (nSPS) is 26.3. The molecular weight excluding hydrogens is 281 g/mol. The maximum absolute atomic E-state index is 14.3. The Bertz CT molecular complexity index is 651. The number of hydrogen-bond acceptors (Lipinski definition) is 3. The molecule has 3 atom stereocenters. The third kappa shape index (κ3) is 2.24. The molecule has 3 unspecified atom stereocenters. The van der Waals surface area contributed by atoms with Gasteiger partial charge in [0, 0.05) is 6.42 Å². The van der Waals surface area contributed by atoms with Gasteiger partial charge in [0.2, 0.25) is 0 Å². The minimum absolute atomic E-state index is 0.122. The molecule has 1 aliphatic carbocycles. The largest absolute Gasteiger partial charge is 0.385 e. The highest BCUT2D eigenvalue weighted by molar-refractivity contribution is 5.23. The first kappa shape index (κ1) is 13.9. The van der Waals surface area contributed by atoms with Gasteiger partial charge in [0.05, 0.1) is 6.04 Å². The van der Waals surface area contributed by atoms with Crippen molar-refractivity contribution >= 4 is 0 Å². The van der Waals surface area contributed by atoms with Gasteiger partial charge in [-0.2, -0.15) is 5.10 Å². The Kier molecular flexibility index (Phi) is 3.45. The first-order chi connectivity index (χ1) is 10.7. The lowest BCUT2D eigenvalue weighted by molar-refractivity contribution is 0.102. The van der Waals surface area contributed by atoms with Gasteiger partial charge in [0.15, 0.2) is 17.8 Å². The second-order valence-corrected chi connectivity index (χ2v) is 6.39. The standard InChI is InChI=1S/C17H20FN3O/c18-13-10-14(11-6-2-1-3-7-11)21-17(13)19-16(20-21)15(22)12-8-4-5-9-12/h1-3,6-7,12-15,22H,4-5,8-10H2. The van der Waals surface area contributed by atoms with Gasteiger partial charge < -0.3 is 5.11 Å². The molecule has 2 aromatic rings. The molecule has 0 spiro atoms. The Hall–Kier alpha value is -1.75. The number of halogens is 1. The van der Waals surface area contributed by atoms with Crippen molar-refractivity contribution < 1.29 is 9.50 Å². The first-order valence-electron chi connectivity index (χ1n) is 8.07. The summed E-state index contributed by atoms with van der Waals surface area (Å²) in [5.74, 6) is 0.974. The van der Waals surface area contributed by atoms with Crippen molar-refractivity contribution in [2.45, 2.75) is 50.4 Å². The van der Waals surface area contributed by atoms with Crippen LogP contribution < -0.4 is 0 Å². The van der Waals surface area contributed by atoms with Gasteiger partial charge in [-0.15, -0.1) is 0 Å². The van der Waals surface area contributed by atoms with Crippen LogP contribution in [-0.4, -0.2) is 19.9 Å². The third-order valence-corrected chi connectivity index (χ3v) is 4.97. The summed E-state index contributed by atoms with van der Waals surface area (Å²) in [6.45, 7) is 0. The molecule has 1 aromatic carbocycles. The topological polar surface area (TPSA) is 50.9 Å². The number of fused-ring (bicyclic) bond motifs is 1. The molecule has 4 nitrogen and oxygen atoms in total. The van der Waals surface area contributed by atoms with Crippen LogP contribution in [0, 0.1) is 5.92 Å². The molecule has 22 heavy (non-hydrogen) atoms. The van der Waals surface area contributed by atoms with E-state index >= 15 is 0 Å². The predicted octanol–water partition coefficient (Wildman–Crippen LogP) is 3.51. The van der Waals surface area contributed by atoms with E-state index in [1.165, 1.54) is 0 Å². The molecule has 1 aromatic heterocycles. The van der Waals surface area contributed by atoms with E-state index in [0.717, 1.165) is 31.2 Å².